The van der Waals surface area contributed by atoms with E-state index in [1.165, 1.54) is 10.4 Å². The number of rotatable bonds is 5. The number of nitrogens with zero attached hydrogens (tertiary/aromatic N) is 4. The van der Waals surface area contributed by atoms with Crippen molar-refractivity contribution in [3.8, 4) is 5.88 Å². The van der Waals surface area contributed by atoms with Crippen molar-refractivity contribution < 1.29 is 26.3 Å². The molecule has 0 spiro atoms. The Morgan fingerprint density at radius 3 is 2.56 bits per heavy atom. The molecule has 0 bridgehead atoms. The Morgan fingerprint density at radius 2 is 1.88 bits per heavy atom. The van der Waals surface area contributed by atoms with Crippen molar-refractivity contribution in [3.63, 3.8) is 0 Å². The molecule has 5 rings (SSSR count). The van der Waals surface area contributed by atoms with Crippen molar-refractivity contribution in [2.75, 3.05) is 26.2 Å². The topological polar surface area (TPSA) is 75.6 Å². The van der Waals surface area contributed by atoms with E-state index >= 15 is 0 Å². The van der Waals surface area contributed by atoms with Gasteiger partial charge in [-0.1, -0.05) is 6.07 Å². The van der Waals surface area contributed by atoms with Crippen LogP contribution in [0, 0.1) is 0 Å². The predicted molar refractivity (Wildman–Crippen MR) is 109 cm³/mol. The van der Waals surface area contributed by atoms with E-state index in [1.54, 1.807) is 12.4 Å². The Hall–Kier alpha value is -2.24. The number of benzene rings is 1. The van der Waals surface area contributed by atoms with Crippen LogP contribution in [0.3, 0.4) is 0 Å². The van der Waals surface area contributed by atoms with Gasteiger partial charge in [0.1, 0.15) is 6.10 Å². The molecule has 2 aliphatic heterocycles. The van der Waals surface area contributed by atoms with Gasteiger partial charge in [-0.05, 0) is 31.0 Å². The van der Waals surface area contributed by atoms with E-state index in [1.807, 2.05) is 0 Å². The van der Waals surface area contributed by atoms with E-state index in [4.69, 9.17) is 4.74 Å². The number of alkyl halides is 3. The fraction of sp³-hybridized carbons (Fsp3) is 0.524. The fourth-order valence-corrected chi connectivity index (χ4v) is 5.92. The Kier molecular flexibility index (Phi) is 5.37. The normalized spacial score (nSPS) is 25.0. The molecule has 2 aromatic rings. The molecule has 2 atom stereocenters. The molecule has 1 aromatic carbocycles. The molecule has 1 saturated carbocycles. The van der Waals surface area contributed by atoms with Crippen LogP contribution in [-0.2, 0) is 16.2 Å². The van der Waals surface area contributed by atoms with Gasteiger partial charge in [-0.25, -0.2) is 13.4 Å². The second-order valence-corrected chi connectivity index (χ2v) is 10.5. The number of sulfonamides is 1. The summed E-state index contributed by atoms with van der Waals surface area (Å²) < 4.78 is 72.3. The molecule has 1 unspecified atom stereocenters. The molecule has 0 N–H and O–H groups in total. The molecule has 7 nitrogen and oxygen atoms in total. The number of halogens is 3. The average molecular weight is 469 g/mol. The smallest absolute Gasteiger partial charge is 0.416 e. The molecule has 1 aromatic heterocycles. The van der Waals surface area contributed by atoms with Crippen molar-refractivity contribution in [2.24, 2.45) is 0 Å². The lowest BCUT2D eigenvalue weighted by atomic mass is 10.2. The van der Waals surface area contributed by atoms with Crippen LogP contribution in [0.5, 0.6) is 5.88 Å². The van der Waals surface area contributed by atoms with E-state index in [0.717, 1.165) is 30.7 Å². The van der Waals surface area contributed by atoms with Gasteiger partial charge in [0.25, 0.3) is 0 Å². The highest BCUT2D eigenvalue weighted by molar-refractivity contribution is 7.89. The van der Waals surface area contributed by atoms with Gasteiger partial charge in [0.2, 0.25) is 15.9 Å². The van der Waals surface area contributed by atoms with Crippen LogP contribution in [0.15, 0.2) is 41.6 Å². The lowest BCUT2D eigenvalue weighted by molar-refractivity contribution is -0.137. The van der Waals surface area contributed by atoms with Crippen LogP contribution in [0.25, 0.3) is 0 Å². The number of fused-ring (bicyclic) bond motifs is 1. The van der Waals surface area contributed by atoms with Crippen molar-refractivity contribution in [3.05, 3.63) is 47.9 Å². The van der Waals surface area contributed by atoms with Crippen LogP contribution in [0.2, 0.25) is 0 Å². The van der Waals surface area contributed by atoms with E-state index in [0.29, 0.717) is 37.4 Å². The van der Waals surface area contributed by atoms with Crippen LogP contribution >= 0.6 is 0 Å². The third kappa shape index (κ3) is 4.33. The summed E-state index contributed by atoms with van der Waals surface area (Å²) in [5.41, 5.74) is 0.0111. The summed E-state index contributed by atoms with van der Waals surface area (Å²) >= 11 is 0. The van der Waals surface area contributed by atoms with Crippen molar-refractivity contribution >= 4 is 10.0 Å². The maximum Gasteiger partial charge on any atom is 0.416 e. The van der Waals surface area contributed by atoms with E-state index in [2.05, 4.69) is 14.9 Å². The minimum Gasteiger partial charge on any atom is -0.472 e. The lowest BCUT2D eigenvalue weighted by Gasteiger charge is -2.36. The molecule has 0 amide bonds. The quantitative estimate of drug-likeness (QED) is 0.672. The lowest BCUT2D eigenvalue weighted by Crippen LogP contribution is -2.51. The average Bonchev–Trinajstić information content (AvgIpc) is 3.53. The highest BCUT2D eigenvalue weighted by Crippen LogP contribution is 2.39. The summed E-state index contributed by atoms with van der Waals surface area (Å²) in [5, 5.41) is 0. The molecule has 3 aliphatic rings. The zero-order valence-corrected chi connectivity index (χ0v) is 18.0. The summed E-state index contributed by atoms with van der Waals surface area (Å²) in [6.07, 6.45) is 1.55. The summed E-state index contributed by atoms with van der Waals surface area (Å²) in [7, 11) is -4.02. The Labute approximate surface area is 184 Å². The summed E-state index contributed by atoms with van der Waals surface area (Å²) in [6.45, 7) is 1.58. The number of piperazine rings is 1. The highest BCUT2D eigenvalue weighted by Gasteiger charge is 2.41. The second-order valence-electron chi connectivity index (χ2n) is 8.57. The van der Waals surface area contributed by atoms with Crippen molar-refractivity contribution in [2.45, 2.75) is 48.4 Å². The van der Waals surface area contributed by atoms with Crippen LogP contribution in [-0.4, -0.2) is 65.9 Å². The van der Waals surface area contributed by atoms with Crippen LogP contribution in [0.4, 0.5) is 13.2 Å². The molecule has 32 heavy (non-hydrogen) atoms. The van der Waals surface area contributed by atoms with Gasteiger partial charge in [0.05, 0.1) is 28.5 Å². The monoisotopic (exact) mass is 468 g/mol. The number of hydrogen-bond acceptors (Lipinski definition) is 6. The standard InChI is InChI=1S/C21H23F3N4O3S/c22-21(23,24)15-2-1-3-18(8-15)32(29,30)28-7-6-27-13-17(9-16(27)12-28)31-20-11-25-19(10-26-20)14-4-5-14/h1-3,8,10-11,14,16-17H,4-7,9,12-13H2/t16?,17-/m1/s1. The fourth-order valence-electron chi connectivity index (χ4n) is 4.40. The molecule has 2 saturated heterocycles. The Balaban J connectivity index is 1.24. The van der Waals surface area contributed by atoms with Crippen LogP contribution in [0.1, 0.15) is 36.4 Å². The highest BCUT2D eigenvalue weighted by atomic mass is 32.2. The predicted octanol–water partition coefficient (Wildman–Crippen LogP) is 2.90. The second kappa shape index (κ2) is 7.96. The maximum absolute atomic E-state index is 13.0. The zero-order valence-electron chi connectivity index (χ0n) is 17.2. The first-order chi connectivity index (χ1) is 15.2. The van der Waals surface area contributed by atoms with E-state index < -0.39 is 21.8 Å². The third-order valence-corrected chi connectivity index (χ3v) is 8.13. The summed E-state index contributed by atoms with van der Waals surface area (Å²) in [6, 6.07) is 3.85. The number of hydrogen-bond donors (Lipinski definition) is 0. The minimum atomic E-state index is -4.60. The van der Waals surface area contributed by atoms with Gasteiger partial charge in [-0.3, -0.25) is 9.88 Å². The van der Waals surface area contributed by atoms with Crippen molar-refractivity contribution in [1.82, 2.24) is 19.2 Å². The van der Waals surface area contributed by atoms with Crippen molar-refractivity contribution in [1.29, 1.82) is 0 Å². The Morgan fingerprint density at radius 1 is 1.06 bits per heavy atom. The van der Waals surface area contributed by atoms with Gasteiger partial charge in [0.15, 0.2) is 0 Å². The number of aromatic nitrogens is 2. The van der Waals surface area contributed by atoms with E-state index in [9.17, 15) is 21.6 Å². The molecule has 172 valence electrons. The SMILES string of the molecule is O=S(=O)(c1cccc(C(F)(F)F)c1)N1CCN2C[C@H](Oc3cnc(C4CC4)cn3)CC2C1. The molecule has 0 radical (unpaired) electrons. The number of ether oxygens (including phenoxy) is 1. The largest absolute Gasteiger partial charge is 0.472 e. The zero-order chi connectivity index (χ0) is 22.5. The minimum absolute atomic E-state index is 0.0620. The van der Waals surface area contributed by atoms with Gasteiger partial charge in [-0.2, -0.15) is 17.5 Å². The van der Waals surface area contributed by atoms with Gasteiger partial charge in [0, 0.05) is 44.6 Å². The first-order valence-electron chi connectivity index (χ1n) is 10.6. The maximum atomic E-state index is 13.0. The molecule has 1 aliphatic carbocycles. The van der Waals surface area contributed by atoms with Crippen LogP contribution < -0.4 is 4.74 Å². The molecule has 11 heteroatoms. The first-order valence-corrected chi connectivity index (χ1v) is 12.0. The Bertz CT molecular complexity index is 1090. The molecule has 3 heterocycles. The third-order valence-electron chi connectivity index (χ3n) is 6.27. The van der Waals surface area contributed by atoms with Gasteiger partial charge in [-0.15, -0.1) is 0 Å². The summed E-state index contributed by atoms with van der Waals surface area (Å²) in [5.74, 6) is 0.967. The summed E-state index contributed by atoms with van der Waals surface area (Å²) in [4.78, 5) is 10.6. The molecule has 3 fully saturated rings. The first kappa shape index (κ1) is 21.6. The van der Waals surface area contributed by atoms with Gasteiger partial charge >= 0.3 is 6.18 Å². The molecular weight excluding hydrogens is 445 g/mol. The van der Waals surface area contributed by atoms with Gasteiger partial charge < -0.3 is 4.74 Å². The van der Waals surface area contributed by atoms with E-state index in [-0.39, 0.29) is 30.1 Å². The molecular formula is C21H23F3N4O3S.